The Balaban J connectivity index is 1.93. The van der Waals surface area contributed by atoms with Gasteiger partial charge < -0.3 is 0 Å². The van der Waals surface area contributed by atoms with Gasteiger partial charge >= 0.3 is 0 Å². The van der Waals surface area contributed by atoms with Crippen LogP contribution in [0.5, 0.6) is 0 Å². The molecule has 1 aliphatic heterocycles. The molecule has 0 amide bonds. The van der Waals surface area contributed by atoms with E-state index in [4.69, 9.17) is 0 Å². The highest BCUT2D eigenvalue weighted by Crippen LogP contribution is 2.08. The average Bonchev–Trinajstić information content (AvgIpc) is 2.23. The SMILES string of the molecule is O=S1(=O)CCN(Cc2[c]cccc2)CC1. The van der Waals surface area contributed by atoms with Crippen molar-refractivity contribution in [3.05, 3.63) is 35.9 Å². The molecule has 1 aromatic rings. The lowest BCUT2D eigenvalue weighted by Crippen LogP contribution is -2.39. The van der Waals surface area contributed by atoms with E-state index in [0.29, 0.717) is 24.6 Å². The van der Waals surface area contributed by atoms with Crippen molar-refractivity contribution >= 4 is 9.84 Å². The molecule has 0 bridgehead atoms. The van der Waals surface area contributed by atoms with Crippen molar-refractivity contribution in [3.8, 4) is 0 Å². The lowest BCUT2D eigenvalue weighted by Gasteiger charge is -2.26. The summed E-state index contributed by atoms with van der Waals surface area (Å²) in [6.07, 6.45) is 0. The maximum absolute atomic E-state index is 11.2. The quantitative estimate of drug-likeness (QED) is 0.742. The number of nitrogens with zero attached hydrogens (tertiary/aromatic N) is 1. The third-order valence-electron chi connectivity index (χ3n) is 2.60. The molecule has 0 N–H and O–H groups in total. The second-order valence-corrected chi connectivity index (χ2v) is 6.12. The third kappa shape index (κ3) is 3.04. The fourth-order valence-corrected chi connectivity index (χ4v) is 2.95. The Morgan fingerprint density at radius 1 is 1.27 bits per heavy atom. The molecule has 0 atom stereocenters. The van der Waals surface area contributed by atoms with Gasteiger partial charge in [-0.3, -0.25) is 4.90 Å². The number of hydrogen-bond acceptors (Lipinski definition) is 3. The molecule has 2 rings (SSSR count). The number of sulfone groups is 1. The van der Waals surface area contributed by atoms with Crippen molar-refractivity contribution in [1.29, 1.82) is 0 Å². The molecule has 0 unspecified atom stereocenters. The molecule has 1 aromatic carbocycles. The normalized spacial score (nSPS) is 21.3. The van der Waals surface area contributed by atoms with Gasteiger partial charge in [0.05, 0.1) is 11.5 Å². The Hall–Kier alpha value is -0.870. The zero-order chi connectivity index (χ0) is 10.7. The average molecular weight is 224 g/mol. The van der Waals surface area contributed by atoms with Crippen LogP contribution >= 0.6 is 0 Å². The second kappa shape index (κ2) is 4.33. The molecule has 15 heavy (non-hydrogen) atoms. The molecule has 0 spiro atoms. The molecule has 4 heteroatoms. The molecule has 0 aromatic heterocycles. The molecule has 1 fully saturated rings. The van der Waals surface area contributed by atoms with Gasteiger partial charge in [0, 0.05) is 19.6 Å². The number of benzene rings is 1. The maximum atomic E-state index is 11.2. The molecule has 0 saturated carbocycles. The molecule has 1 heterocycles. The fraction of sp³-hybridized carbons (Fsp3) is 0.455. The predicted octanol–water partition coefficient (Wildman–Crippen LogP) is 0.717. The fourth-order valence-electron chi connectivity index (χ4n) is 1.68. The minimum Gasteiger partial charge on any atom is -0.297 e. The monoisotopic (exact) mass is 224 g/mol. The smallest absolute Gasteiger partial charge is 0.152 e. The van der Waals surface area contributed by atoms with Crippen LogP contribution in [0.2, 0.25) is 0 Å². The first-order valence-electron chi connectivity index (χ1n) is 5.04. The molecule has 3 nitrogen and oxygen atoms in total. The van der Waals surface area contributed by atoms with Crippen molar-refractivity contribution in [3.63, 3.8) is 0 Å². The van der Waals surface area contributed by atoms with Crippen LogP contribution in [0, 0.1) is 6.07 Å². The van der Waals surface area contributed by atoms with E-state index in [2.05, 4.69) is 11.0 Å². The molecule has 1 radical (unpaired) electrons. The van der Waals surface area contributed by atoms with Crippen molar-refractivity contribution in [2.24, 2.45) is 0 Å². The Morgan fingerprint density at radius 2 is 2.00 bits per heavy atom. The summed E-state index contributed by atoms with van der Waals surface area (Å²) in [7, 11) is -2.76. The van der Waals surface area contributed by atoms with Crippen LogP contribution in [0.4, 0.5) is 0 Å². The highest BCUT2D eigenvalue weighted by atomic mass is 32.2. The summed E-state index contributed by atoms with van der Waals surface area (Å²) in [5.74, 6) is 0.583. The van der Waals surface area contributed by atoms with Crippen molar-refractivity contribution in [2.45, 2.75) is 6.54 Å². The van der Waals surface area contributed by atoms with Crippen LogP contribution in [0.15, 0.2) is 24.3 Å². The first kappa shape index (κ1) is 10.6. The van der Waals surface area contributed by atoms with Gasteiger partial charge in [-0.1, -0.05) is 24.3 Å². The molecular weight excluding hydrogens is 210 g/mol. The Bertz CT molecular complexity index is 399. The minimum atomic E-state index is -2.76. The zero-order valence-electron chi connectivity index (χ0n) is 8.52. The van der Waals surface area contributed by atoms with E-state index in [1.807, 2.05) is 24.3 Å². The van der Waals surface area contributed by atoms with Gasteiger partial charge in [0.15, 0.2) is 9.84 Å². The van der Waals surface area contributed by atoms with Crippen molar-refractivity contribution in [1.82, 2.24) is 4.90 Å². The predicted molar refractivity (Wildman–Crippen MR) is 59.2 cm³/mol. The lowest BCUT2D eigenvalue weighted by molar-refractivity contribution is 0.287. The van der Waals surface area contributed by atoms with Crippen LogP contribution < -0.4 is 0 Å². The Labute approximate surface area is 90.6 Å². The summed E-state index contributed by atoms with van der Waals surface area (Å²) in [6.45, 7) is 2.09. The summed E-state index contributed by atoms with van der Waals surface area (Å²) in [6, 6.07) is 11.0. The number of rotatable bonds is 2. The van der Waals surface area contributed by atoms with Gasteiger partial charge in [0.1, 0.15) is 0 Å². The van der Waals surface area contributed by atoms with Gasteiger partial charge in [0.25, 0.3) is 0 Å². The van der Waals surface area contributed by atoms with Crippen LogP contribution in [0.1, 0.15) is 5.56 Å². The van der Waals surface area contributed by atoms with Crippen molar-refractivity contribution in [2.75, 3.05) is 24.6 Å². The van der Waals surface area contributed by atoms with Crippen LogP contribution in [-0.2, 0) is 16.4 Å². The van der Waals surface area contributed by atoms with Gasteiger partial charge in [-0.2, -0.15) is 0 Å². The van der Waals surface area contributed by atoms with Gasteiger partial charge in [0.2, 0.25) is 0 Å². The number of hydrogen-bond donors (Lipinski definition) is 0. The lowest BCUT2D eigenvalue weighted by atomic mass is 10.2. The summed E-state index contributed by atoms with van der Waals surface area (Å²) in [5.41, 5.74) is 1.12. The molecule has 0 aliphatic carbocycles. The minimum absolute atomic E-state index is 0.292. The molecule has 81 valence electrons. The van der Waals surface area contributed by atoms with Crippen LogP contribution in [-0.4, -0.2) is 37.9 Å². The first-order valence-corrected chi connectivity index (χ1v) is 6.86. The standard InChI is InChI=1S/C11H14NO2S/c13-15(14)8-6-12(7-9-15)10-11-4-2-1-3-5-11/h1-4H,6-10H2. The summed E-state index contributed by atoms with van der Waals surface area (Å²) >= 11 is 0. The largest absolute Gasteiger partial charge is 0.297 e. The molecule has 1 aliphatic rings. The van der Waals surface area contributed by atoms with E-state index in [9.17, 15) is 8.42 Å². The van der Waals surface area contributed by atoms with Crippen LogP contribution in [0.25, 0.3) is 0 Å². The van der Waals surface area contributed by atoms with E-state index in [1.165, 1.54) is 0 Å². The first-order chi connectivity index (χ1) is 7.16. The van der Waals surface area contributed by atoms with E-state index in [1.54, 1.807) is 0 Å². The zero-order valence-corrected chi connectivity index (χ0v) is 9.33. The van der Waals surface area contributed by atoms with E-state index < -0.39 is 9.84 Å². The van der Waals surface area contributed by atoms with E-state index >= 15 is 0 Å². The third-order valence-corrected chi connectivity index (χ3v) is 4.21. The van der Waals surface area contributed by atoms with Crippen molar-refractivity contribution < 1.29 is 8.42 Å². The Kier molecular flexibility index (Phi) is 3.07. The van der Waals surface area contributed by atoms with Crippen LogP contribution in [0.3, 0.4) is 0 Å². The highest BCUT2D eigenvalue weighted by molar-refractivity contribution is 7.91. The second-order valence-electron chi connectivity index (χ2n) is 3.82. The summed E-state index contributed by atoms with van der Waals surface area (Å²) in [5, 5.41) is 0. The Morgan fingerprint density at radius 3 is 2.60 bits per heavy atom. The topological polar surface area (TPSA) is 37.4 Å². The maximum Gasteiger partial charge on any atom is 0.152 e. The van der Waals surface area contributed by atoms with E-state index in [0.717, 1.165) is 12.1 Å². The summed E-state index contributed by atoms with van der Waals surface area (Å²) < 4.78 is 22.4. The highest BCUT2D eigenvalue weighted by Gasteiger charge is 2.21. The van der Waals surface area contributed by atoms with Gasteiger partial charge in [-0.25, -0.2) is 8.42 Å². The van der Waals surface area contributed by atoms with Gasteiger partial charge in [-0.05, 0) is 11.6 Å². The summed E-state index contributed by atoms with van der Waals surface area (Å²) in [4.78, 5) is 2.16. The van der Waals surface area contributed by atoms with E-state index in [-0.39, 0.29) is 0 Å². The molecule has 1 saturated heterocycles. The van der Waals surface area contributed by atoms with Gasteiger partial charge in [-0.15, -0.1) is 0 Å². The molecular formula is C11H14NO2S.